The molecule has 0 aromatic heterocycles. The third-order valence-electron chi connectivity index (χ3n) is 5.80. The zero-order chi connectivity index (χ0) is 31.7. The van der Waals surface area contributed by atoms with Crippen LogP contribution >= 0.6 is 11.8 Å². The van der Waals surface area contributed by atoms with Gasteiger partial charge >= 0.3 is 5.97 Å². The first kappa shape index (κ1) is 35.9. The lowest BCUT2D eigenvalue weighted by molar-refractivity contribution is -0.143. The van der Waals surface area contributed by atoms with Crippen LogP contribution in [-0.4, -0.2) is 107 Å². The molecule has 1 aromatic rings. The second-order valence-electron chi connectivity index (χ2n) is 9.19. The Bertz CT molecular complexity index is 1080. The highest BCUT2D eigenvalue weighted by molar-refractivity contribution is 7.98. The number of hydrogen-bond acceptors (Lipinski definition) is 10. The number of guanidine groups is 1. The van der Waals surface area contributed by atoms with Gasteiger partial charge < -0.3 is 53.8 Å². The molecule has 0 fully saturated rings. The summed E-state index contributed by atoms with van der Waals surface area (Å²) in [4.78, 5) is 65.9. The average molecular weight is 613 g/mol. The van der Waals surface area contributed by atoms with Crippen molar-refractivity contribution in [2.24, 2.45) is 22.2 Å². The normalized spacial score (nSPS) is 13.5. The molecular weight excluding hydrogens is 572 g/mol. The van der Waals surface area contributed by atoms with Gasteiger partial charge in [0.05, 0.1) is 19.2 Å². The van der Waals surface area contributed by atoms with E-state index in [2.05, 4.69) is 26.3 Å². The molecule has 0 bridgehead atoms. The van der Waals surface area contributed by atoms with Crippen molar-refractivity contribution in [3.63, 3.8) is 0 Å². The summed E-state index contributed by atoms with van der Waals surface area (Å²) in [6.45, 7) is -1.13. The van der Waals surface area contributed by atoms with Crippen molar-refractivity contribution in [2.75, 3.05) is 31.7 Å². The predicted molar refractivity (Wildman–Crippen MR) is 156 cm³/mol. The van der Waals surface area contributed by atoms with Crippen molar-refractivity contribution in [3.8, 4) is 5.75 Å². The lowest BCUT2D eigenvalue weighted by atomic mass is 10.0. The number of phenolic OH excluding ortho intramolecular Hbond substituents is 1. The van der Waals surface area contributed by atoms with Gasteiger partial charge in [0.1, 0.15) is 23.9 Å². The maximum Gasteiger partial charge on any atom is 0.328 e. The minimum atomic E-state index is -1.55. The summed E-state index contributed by atoms with van der Waals surface area (Å²) in [6.07, 6.45) is 2.60. The quantitative estimate of drug-likeness (QED) is 0.0418. The average Bonchev–Trinajstić information content (AvgIpc) is 2.94. The monoisotopic (exact) mass is 612 g/mol. The summed E-state index contributed by atoms with van der Waals surface area (Å²) in [6, 6.07) is 1.18. The molecule has 0 aliphatic heterocycles. The molecule has 1 rings (SSSR count). The minimum Gasteiger partial charge on any atom is -0.508 e. The number of thioether (sulfide) groups is 1. The lowest BCUT2D eigenvalue weighted by Crippen LogP contribution is -2.56. The van der Waals surface area contributed by atoms with Gasteiger partial charge in [0.15, 0.2) is 5.96 Å². The van der Waals surface area contributed by atoms with E-state index in [1.54, 1.807) is 18.4 Å². The zero-order valence-electron chi connectivity index (χ0n) is 23.2. The van der Waals surface area contributed by atoms with Gasteiger partial charge in [0.25, 0.3) is 0 Å². The van der Waals surface area contributed by atoms with Crippen LogP contribution in [0.3, 0.4) is 0 Å². The maximum atomic E-state index is 13.0. The number of nitrogens with one attached hydrogen (secondary N) is 4. The lowest BCUT2D eigenvalue weighted by Gasteiger charge is -2.22. The number of phenols is 1. The Morgan fingerprint density at radius 3 is 2.14 bits per heavy atom. The molecular formula is C25H40N8O8S. The number of hydrogen-bond donors (Lipinski definition) is 10. The Balaban J connectivity index is 2.88. The molecule has 4 atom stereocenters. The number of carbonyl (C=O) groups excluding carboxylic acids is 4. The van der Waals surface area contributed by atoms with Crippen LogP contribution in [0.15, 0.2) is 29.3 Å². The van der Waals surface area contributed by atoms with Crippen LogP contribution < -0.4 is 38.5 Å². The van der Waals surface area contributed by atoms with E-state index in [1.807, 2.05) is 0 Å². The Morgan fingerprint density at radius 2 is 1.57 bits per heavy atom. The van der Waals surface area contributed by atoms with Crippen LogP contribution in [0.4, 0.5) is 0 Å². The van der Waals surface area contributed by atoms with Crippen LogP contribution in [0.1, 0.15) is 24.8 Å². The van der Waals surface area contributed by atoms with Gasteiger partial charge in [-0.1, -0.05) is 12.1 Å². The van der Waals surface area contributed by atoms with Crippen molar-refractivity contribution < 1.29 is 39.3 Å². The first-order valence-electron chi connectivity index (χ1n) is 13.0. The number of aliphatic carboxylic acids is 1. The molecule has 0 saturated heterocycles. The summed E-state index contributed by atoms with van der Waals surface area (Å²) in [5.41, 5.74) is 17.1. The van der Waals surface area contributed by atoms with E-state index in [4.69, 9.17) is 22.3 Å². The van der Waals surface area contributed by atoms with Gasteiger partial charge in [0, 0.05) is 13.0 Å². The molecule has 0 aliphatic carbocycles. The number of carbonyl (C=O) groups is 5. The Labute approximate surface area is 247 Å². The number of aliphatic hydroxyl groups excluding tert-OH is 1. The summed E-state index contributed by atoms with van der Waals surface area (Å²) >= 11 is 1.39. The smallest absolute Gasteiger partial charge is 0.328 e. The number of rotatable bonds is 19. The summed E-state index contributed by atoms with van der Waals surface area (Å²) < 4.78 is 0. The molecule has 4 amide bonds. The highest BCUT2D eigenvalue weighted by Gasteiger charge is 2.27. The third-order valence-corrected chi connectivity index (χ3v) is 6.44. The third kappa shape index (κ3) is 14.0. The van der Waals surface area contributed by atoms with E-state index in [-0.39, 0.29) is 37.5 Å². The van der Waals surface area contributed by atoms with Crippen molar-refractivity contribution in [3.05, 3.63) is 29.8 Å². The molecule has 0 unspecified atom stereocenters. The number of carboxylic acids is 1. The van der Waals surface area contributed by atoms with Gasteiger partial charge in [-0.3, -0.25) is 24.2 Å². The number of aromatic hydroxyl groups is 1. The molecule has 234 valence electrons. The SMILES string of the molecule is CSCC[C@H](NC(=O)CNC(=O)[C@H](Cc1ccc(O)cc1)NC(=O)[C@@H](N)CCCN=C(N)N)C(=O)N[C@@H](CO)C(=O)O. The van der Waals surface area contributed by atoms with Crippen LogP contribution in [0.25, 0.3) is 0 Å². The minimum absolute atomic E-state index is 0.0106. The van der Waals surface area contributed by atoms with Crippen molar-refractivity contribution >= 4 is 47.3 Å². The molecule has 0 radical (unpaired) electrons. The second-order valence-corrected chi connectivity index (χ2v) is 10.2. The Morgan fingerprint density at radius 1 is 0.929 bits per heavy atom. The van der Waals surface area contributed by atoms with E-state index in [0.29, 0.717) is 17.7 Å². The number of nitrogens with zero attached hydrogens (tertiary/aromatic N) is 1. The summed E-state index contributed by atoms with van der Waals surface area (Å²) in [5, 5.41) is 37.4. The zero-order valence-corrected chi connectivity index (χ0v) is 24.1. The molecule has 0 saturated carbocycles. The number of aliphatic imine (C=N–C) groups is 1. The standard InChI is InChI=1S/C25H40N8O8S/c1-42-10-8-17(23(39)33-19(13-34)24(40)41)31-20(36)12-30-22(38)18(11-14-4-6-15(35)7-5-14)32-21(37)16(26)3-2-9-29-25(27)28/h4-7,16-19,34-35H,2-3,8-13,26H2,1H3,(H,30,38)(H,31,36)(H,32,37)(H,33,39)(H,40,41)(H4,27,28,29)/t16-,17-,18-,19-/m0/s1. The molecule has 16 nitrogen and oxygen atoms in total. The highest BCUT2D eigenvalue weighted by Crippen LogP contribution is 2.12. The fourth-order valence-electron chi connectivity index (χ4n) is 3.50. The molecule has 42 heavy (non-hydrogen) atoms. The Hall–Kier alpha value is -4.09. The van der Waals surface area contributed by atoms with Crippen LogP contribution in [0.2, 0.25) is 0 Å². The molecule has 1 aromatic carbocycles. The van der Waals surface area contributed by atoms with Gasteiger partial charge in [0.2, 0.25) is 23.6 Å². The van der Waals surface area contributed by atoms with E-state index in [9.17, 15) is 34.2 Å². The molecule has 0 heterocycles. The highest BCUT2D eigenvalue weighted by atomic mass is 32.2. The van der Waals surface area contributed by atoms with Gasteiger partial charge in [-0.05, 0) is 49.0 Å². The predicted octanol–water partition coefficient (Wildman–Crippen LogP) is -3.28. The molecule has 0 spiro atoms. The molecule has 0 aliphatic rings. The topological polar surface area (TPSA) is 285 Å². The largest absolute Gasteiger partial charge is 0.508 e. The van der Waals surface area contributed by atoms with E-state index in [1.165, 1.54) is 23.9 Å². The van der Waals surface area contributed by atoms with Crippen LogP contribution in [-0.2, 0) is 30.4 Å². The van der Waals surface area contributed by atoms with E-state index in [0.717, 1.165) is 0 Å². The van der Waals surface area contributed by atoms with Gasteiger partial charge in [-0.2, -0.15) is 11.8 Å². The fourth-order valence-corrected chi connectivity index (χ4v) is 3.98. The maximum absolute atomic E-state index is 13.0. The van der Waals surface area contributed by atoms with Crippen LogP contribution in [0.5, 0.6) is 5.75 Å². The van der Waals surface area contributed by atoms with E-state index >= 15 is 0 Å². The number of aliphatic hydroxyl groups is 1. The summed E-state index contributed by atoms with van der Waals surface area (Å²) in [5.74, 6) is -3.95. The summed E-state index contributed by atoms with van der Waals surface area (Å²) in [7, 11) is 0. The number of benzene rings is 1. The number of nitrogens with two attached hydrogens (primary N) is 3. The fraction of sp³-hybridized carbons (Fsp3) is 0.520. The van der Waals surface area contributed by atoms with Gasteiger partial charge in [-0.15, -0.1) is 0 Å². The number of carboxylic acid groups (broad SMARTS) is 1. The molecule has 17 heteroatoms. The van der Waals surface area contributed by atoms with E-state index < -0.39 is 66.9 Å². The second kappa shape index (κ2) is 19.1. The number of amides is 4. The van der Waals surface area contributed by atoms with Crippen LogP contribution in [0, 0.1) is 0 Å². The first-order chi connectivity index (χ1) is 19.9. The Kier molecular flexibility index (Phi) is 16.3. The first-order valence-corrected chi connectivity index (χ1v) is 14.4. The van der Waals surface area contributed by atoms with Crippen molar-refractivity contribution in [1.29, 1.82) is 0 Å². The molecule has 13 N–H and O–H groups in total. The van der Waals surface area contributed by atoms with Crippen molar-refractivity contribution in [2.45, 2.75) is 49.9 Å². The van der Waals surface area contributed by atoms with Gasteiger partial charge in [-0.25, -0.2) is 4.79 Å². The van der Waals surface area contributed by atoms with Crippen molar-refractivity contribution in [1.82, 2.24) is 21.3 Å².